The number of hydrogen-bond donors (Lipinski definition) is 2. The Morgan fingerprint density at radius 1 is 1.36 bits per heavy atom. The third kappa shape index (κ3) is 3.70. The maximum atomic E-state index is 9.33. The minimum absolute atomic E-state index is 0.0880. The van der Waals surface area contributed by atoms with E-state index in [2.05, 4.69) is 6.92 Å². The smallest absolute Gasteiger partial charge is 0.0925 e. The maximum absolute atomic E-state index is 9.33. The van der Waals surface area contributed by atoms with Gasteiger partial charge in [-0.3, -0.25) is 0 Å². The molecule has 0 radical (unpaired) electrons. The van der Waals surface area contributed by atoms with Gasteiger partial charge in [-0.1, -0.05) is 13.3 Å². The van der Waals surface area contributed by atoms with Crippen molar-refractivity contribution in [1.29, 1.82) is 0 Å². The van der Waals surface area contributed by atoms with Crippen molar-refractivity contribution in [3.8, 4) is 0 Å². The third-order valence-electron chi connectivity index (χ3n) is 1.88. The minimum Gasteiger partial charge on any atom is -0.394 e. The maximum Gasteiger partial charge on any atom is 0.0925 e. The molecule has 68 valence electrons. The molecule has 2 N–H and O–H groups in total. The van der Waals surface area contributed by atoms with Gasteiger partial charge >= 0.3 is 0 Å². The molecule has 0 aromatic heterocycles. The van der Waals surface area contributed by atoms with E-state index in [1.807, 2.05) is 19.0 Å². The number of hydrogen-bond acceptors (Lipinski definition) is 3. The van der Waals surface area contributed by atoms with Crippen molar-refractivity contribution in [2.75, 3.05) is 20.7 Å². The van der Waals surface area contributed by atoms with Gasteiger partial charge in [0.15, 0.2) is 0 Å². The standard InChI is InChI=1S/C8H19NO2/c1-4-5-7(9(2)3)8(11)6-10/h7-8,10-11H,4-6H2,1-3H3. The Hall–Kier alpha value is -0.120. The summed E-state index contributed by atoms with van der Waals surface area (Å²) in [4.78, 5) is 1.95. The highest BCUT2D eigenvalue weighted by Gasteiger charge is 2.18. The summed E-state index contributed by atoms with van der Waals surface area (Å²) in [6.45, 7) is 1.92. The number of aliphatic hydroxyl groups is 2. The predicted molar refractivity (Wildman–Crippen MR) is 45.5 cm³/mol. The molecule has 0 aliphatic heterocycles. The molecule has 0 bridgehead atoms. The molecule has 0 fully saturated rings. The van der Waals surface area contributed by atoms with Crippen LogP contribution < -0.4 is 0 Å². The summed E-state index contributed by atoms with van der Waals surface area (Å²) in [7, 11) is 3.83. The van der Waals surface area contributed by atoms with Crippen molar-refractivity contribution in [1.82, 2.24) is 4.90 Å². The first-order valence-electron chi connectivity index (χ1n) is 4.08. The van der Waals surface area contributed by atoms with Crippen LogP contribution in [0.1, 0.15) is 19.8 Å². The summed E-state index contributed by atoms with van der Waals surface area (Å²) in [6, 6.07) is 0.0880. The fraction of sp³-hybridized carbons (Fsp3) is 1.00. The Kier molecular flexibility index (Phi) is 5.46. The van der Waals surface area contributed by atoms with Crippen LogP contribution in [-0.2, 0) is 0 Å². The molecule has 2 unspecified atom stereocenters. The van der Waals surface area contributed by atoms with E-state index in [1.54, 1.807) is 0 Å². The fourth-order valence-corrected chi connectivity index (χ4v) is 1.21. The topological polar surface area (TPSA) is 43.7 Å². The Labute approximate surface area is 68.6 Å². The Balaban J connectivity index is 3.87. The van der Waals surface area contributed by atoms with E-state index in [9.17, 15) is 5.11 Å². The molecule has 0 aliphatic carbocycles. The molecule has 0 aromatic carbocycles. The molecular formula is C8H19NO2. The molecule has 0 aromatic rings. The first-order chi connectivity index (χ1) is 5.13. The number of nitrogens with zero attached hydrogens (tertiary/aromatic N) is 1. The second-order valence-electron chi connectivity index (χ2n) is 3.07. The van der Waals surface area contributed by atoms with Gasteiger partial charge in [-0.2, -0.15) is 0 Å². The molecule has 3 heteroatoms. The molecule has 0 rings (SSSR count). The molecule has 11 heavy (non-hydrogen) atoms. The van der Waals surface area contributed by atoms with Crippen molar-refractivity contribution < 1.29 is 10.2 Å². The zero-order chi connectivity index (χ0) is 8.85. The van der Waals surface area contributed by atoms with E-state index in [0.29, 0.717) is 0 Å². The van der Waals surface area contributed by atoms with Crippen molar-refractivity contribution >= 4 is 0 Å². The summed E-state index contributed by atoms with van der Waals surface area (Å²) in [5.41, 5.74) is 0. The van der Waals surface area contributed by atoms with Crippen LogP contribution in [0.3, 0.4) is 0 Å². The molecule has 0 amide bonds. The molecule has 3 nitrogen and oxygen atoms in total. The zero-order valence-corrected chi connectivity index (χ0v) is 7.62. The fourth-order valence-electron chi connectivity index (χ4n) is 1.21. The van der Waals surface area contributed by atoms with Crippen LogP contribution in [0.2, 0.25) is 0 Å². The first kappa shape index (κ1) is 10.9. The Morgan fingerprint density at radius 2 is 1.91 bits per heavy atom. The van der Waals surface area contributed by atoms with Gasteiger partial charge in [0, 0.05) is 6.04 Å². The largest absolute Gasteiger partial charge is 0.394 e. The van der Waals surface area contributed by atoms with Gasteiger partial charge in [-0.15, -0.1) is 0 Å². The highest BCUT2D eigenvalue weighted by Crippen LogP contribution is 2.07. The van der Waals surface area contributed by atoms with Crippen LogP contribution in [-0.4, -0.2) is 48.0 Å². The Morgan fingerprint density at radius 3 is 2.18 bits per heavy atom. The van der Waals surface area contributed by atoms with Crippen LogP contribution in [0, 0.1) is 0 Å². The summed E-state index contributed by atoms with van der Waals surface area (Å²) >= 11 is 0. The van der Waals surface area contributed by atoms with E-state index < -0.39 is 6.10 Å². The third-order valence-corrected chi connectivity index (χ3v) is 1.88. The molecule has 0 aliphatic rings. The monoisotopic (exact) mass is 161 g/mol. The average Bonchev–Trinajstić information content (AvgIpc) is 1.98. The second-order valence-corrected chi connectivity index (χ2v) is 3.07. The van der Waals surface area contributed by atoms with Crippen LogP contribution in [0.15, 0.2) is 0 Å². The molecule has 0 saturated heterocycles. The van der Waals surface area contributed by atoms with Gasteiger partial charge in [0.25, 0.3) is 0 Å². The van der Waals surface area contributed by atoms with Crippen molar-refractivity contribution in [3.63, 3.8) is 0 Å². The second kappa shape index (κ2) is 5.52. The van der Waals surface area contributed by atoms with Gasteiger partial charge in [-0.05, 0) is 20.5 Å². The van der Waals surface area contributed by atoms with Crippen molar-refractivity contribution in [3.05, 3.63) is 0 Å². The van der Waals surface area contributed by atoms with Crippen molar-refractivity contribution in [2.45, 2.75) is 31.9 Å². The number of aliphatic hydroxyl groups excluding tert-OH is 2. The lowest BCUT2D eigenvalue weighted by Crippen LogP contribution is -2.40. The summed E-state index contributed by atoms with van der Waals surface area (Å²) in [5, 5.41) is 18.0. The van der Waals surface area contributed by atoms with Crippen LogP contribution in [0.4, 0.5) is 0 Å². The van der Waals surface area contributed by atoms with Gasteiger partial charge in [0.05, 0.1) is 12.7 Å². The lowest BCUT2D eigenvalue weighted by atomic mass is 10.1. The summed E-state index contributed by atoms with van der Waals surface area (Å²) in [6.07, 6.45) is 1.35. The molecule has 0 spiro atoms. The summed E-state index contributed by atoms with van der Waals surface area (Å²) < 4.78 is 0. The number of rotatable bonds is 5. The normalized spacial score (nSPS) is 16.9. The highest BCUT2D eigenvalue weighted by atomic mass is 16.3. The minimum atomic E-state index is -0.607. The SMILES string of the molecule is CCCC(C(O)CO)N(C)C. The molecule has 2 atom stereocenters. The first-order valence-corrected chi connectivity index (χ1v) is 4.08. The molecular weight excluding hydrogens is 142 g/mol. The highest BCUT2D eigenvalue weighted by molar-refractivity contribution is 4.73. The van der Waals surface area contributed by atoms with E-state index in [4.69, 9.17) is 5.11 Å². The lowest BCUT2D eigenvalue weighted by molar-refractivity contribution is 0.0249. The molecule has 0 saturated carbocycles. The summed E-state index contributed by atoms with van der Waals surface area (Å²) in [5.74, 6) is 0. The number of likely N-dealkylation sites (N-methyl/N-ethyl adjacent to an activating group) is 1. The van der Waals surface area contributed by atoms with E-state index >= 15 is 0 Å². The molecule has 0 heterocycles. The van der Waals surface area contributed by atoms with E-state index in [1.165, 1.54) is 0 Å². The van der Waals surface area contributed by atoms with Gasteiger partial charge in [0.2, 0.25) is 0 Å². The predicted octanol–water partition coefficient (Wildman–Crippen LogP) is 0.0699. The van der Waals surface area contributed by atoms with Crippen LogP contribution in [0.5, 0.6) is 0 Å². The lowest BCUT2D eigenvalue weighted by Gasteiger charge is -2.27. The van der Waals surface area contributed by atoms with Crippen LogP contribution >= 0.6 is 0 Å². The average molecular weight is 161 g/mol. The zero-order valence-electron chi connectivity index (χ0n) is 7.62. The van der Waals surface area contributed by atoms with Gasteiger partial charge in [0.1, 0.15) is 0 Å². The Bertz CT molecular complexity index is 96.1. The van der Waals surface area contributed by atoms with Gasteiger partial charge < -0.3 is 15.1 Å². The van der Waals surface area contributed by atoms with Gasteiger partial charge in [-0.25, -0.2) is 0 Å². The van der Waals surface area contributed by atoms with Crippen LogP contribution in [0.25, 0.3) is 0 Å². The van der Waals surface area contributed by atoms with E-state index in [-0.39, 0.29) is 12.6 Å². The quantitative estimate of drug-likeness (QED) is 0.599. The van der Waals surface area contributed by atoms with Crippen molar-refractivity contribution in [2.24, 2.45) is 0 Å². The van der Waals surface area contributed by atoms with E-state index in [0.717, 1.165) is 12.8 Å².